The molecule has 4 aromatic rings. The van der Waals surface area contributed by atoms with Gasteiger partial charge in [-0.25, -0.2) is 4.79 Å². The number of primary amides is 1. The number of alkyl halides is 3. The van der Waals surface area contributed by atoms with E-state index >= 15 is 0 Å². The summed E-state index contributed by atoms with van der Waals surface area (Å²) in [6.45, 7) is 0. The number of urea groups is 1. The van der Waals surface area contributed by atoms with Crippen LogP contribution in [0, 0.1) is 0 Å². The number of H-pyrrole nitrogens is 1. The lowest BCUT2D eigenvalue weighted by Gasteiger charge is -2.15. The smallest absolute Gasteiger partial charge is 0.418 e. The fourth-order valence-electron chi connectivity index (χ4n) is 3.63. The van der Waals surface area contributed by atoms with E-state index in [1.165, 1.54) is 7.11 Å². The number of halogens is 3. The zero-order valence-corrected chi connectivity index (χ0v) is 17.8. The molecular formula is C24H19F3N4O3. The minimum absolute atomic E-state index is 0.164. The van der Waals surface area contributed by atoms with Crippen LogP contribution in [0.15, 0.2) is 66.7 Å². The summed E-state index contributed by atoms with van der Waals surface area (Å²) in [5.41, 5.74) is 6.69. The lowest BCUT2D eigenvalue weighted by atomic mass is 10.0. The zero-order chi connectivity index (χ0) is 24.5. The molecule has 3 amide bonds. The van der Waals surface area contributed by atoms with Crippen molar-refractivity contribution in [3.05, 3.63) is 78.0 Å². The van der Waals surface area contributed by atoms with Crippen molar-refractivity contribution in [1.82, 2.24) is 4.98 Å². The highest BCUT2D eigenvalue weighted by atomic mass is 19.4. The van der Waals surface area contributed by atoms with E-state index < -0.39 is 29.4 Å². The first-order valence-electron chi connectivity index (χ1n) is 10.0. The molecule has 0 spiro atoms. The van der Waals surface area contributed by atoms with E-state index in [0.717, 1.165) is 29.1 Å². The van der Waals surface area contributed by atoms with Gasteiger partial charge in [-0.05, 0) is 35.9 Å². The Bertz CT molecular complexity index is 1380. The van der Waals surface area contributed by atoms with Crippen LogP contribution < -0.4 is 21.1 Å². The number of methoxy groups -OCH3 is 1. The van der Waals surface area contributed by atoms with Crippen molar-refractivity contribution >= 4 is 34.2 Å². The van der Waals surface area contributed by atoms with Gasteiger partial charge in [0.2, 0.25) is 0 Å². The van der Waals surface area contributed by atoms with E-state index in [4.69, 9.17) is 10.5 Å². The van der Waals surface area contributed by atoms with Crippen LogP contribution in [0.2, 0.25) is 0 Å². The third kappa shape index (κ3) is 4.51. The maximum Gasteiger partial charge on any atom is 0.418 e. The molecule has 1 heterocycles. The highest BCUT2D eigenvalue weighted by molar-refractivity contribution is 6.09. The van der Waals surface area contributed by atoms with E-state index in [9.17, 15) is 22.8 Å². The largest absolute Gasteiger partial charge is 0.497 e. The molecule has 0 atom stereocenters. The highest BCUT2D eigenvalue weighted by Crippen LogP contribution is 2.37. The van der Waals surface area contributed by atoms with Gasteiger partial charge in [-0.3, -0.25) is 4.79 Å². The molecule has 0 fully saturated rings. The van der Waals surface area contributed by atoms with E-state index in [1.54, 1.807) is 24.3 Å². The number of rotatable bonds is 5. The number of nitrogens with two attached hydrogens (primary N) is 1. The van der Waals surface area contributed by atoms with Crippen LogP contribution in [-0.4, -0.2) is 24.0 Å². The van der Waals surface area contributed by atoms with Gasteiger partial charge in [-0.1, -0.05) is 30.3 Å². The number of carbonyl (C=O) groups excluding carboxylic acids is 2. The molecule has 0 aliphatic heterocycles. The molecule has 3 aromatic carbocycles. The van der Waals surface area contributed by atoms with Gasteiger partial charge in [0, 0.05) is 28.2 Å². The standard InChI is InChI=1S/C24H19F3N4O3/c1-34-15-10-11-17(24(25,26)27)19(12-15)31-23(33)29-14-8-6-13(7-9-14)20-16-4-2-3-5-18(16)30-21(20)22(28)32/h2-12,30H,1H3,(H2,28,32)(H2,29,31,33). The zero-order valence-electron chi connectivity index (χ0n) is 17.8. The second-order valence-corrected chi connectivity index (χ2v) is 7.35. The molecule has 0 radical (unpaired) electrons. The van der Waals surface area contributed by atoms with Gasteiger partial charge >= 0.3 is 12.2 Å². The summed E-state index contributed by atoms with van der Waals surface area (Å²) in [6, 6.07) is 16.0. The van der Waals surface area contributed by atoms with E-state index in [2.05, 4.69) is 15.6 Å². The molecule has 0 bridgehead atoms. The predicted molar refractivity (Wildman–Crippen MR) is 123 cm³/mol. The first-order chi connectivity index (χ1) is 16.2. The fourth-order valence-corrected chi connectivity index (χ4v) is 3.63. The minimum Gasteiger partial charge on any atom is -0.497 e. The molecule has 0 aliphatic carbocycles. The number of ether oxygens (including phenoxy) is 1. The molecule has 4 rings (SSSR count). The normalized spacial score (nSPS) is 11.3. The van der Waals surface area contributed by atoms with Crippen LogP contribution >= 0.6 is 0 Å². The summed E-state index contributed by atoms with van der Waals surface area (Å²) in [7, 11) is 1.31. The highest BCUT2D eigenvalue weighted by Gasteiger charge is 2.34. The second-order valence-electron chi connectivity index (χ2n) is 7.35. The SMILES string of the molecule is COc1ccc(C(F)(F)F)c(NC(=O)Nc2ccc(-c3c(C(N)=O)[nH]c4ccccc34)cc2)c1. The maximum absolute atomic E-state index is 13.3. The fraction of sp³-hybridized carbons (Fsp3) is 0.0833. The number of aromatic nitrogens is 1. The van der Waals surface area contributed by atoms with Crippen molar-refractivity contribution in [3.8, 4) is 16.9 Å². The summed E-state index contributed by atoms with van der Waals surface area (Å²) in [6.07, 6.45) is -4.66. The number of amides is 3. The van der Waals surface area contributed by atoms with Gasteiger partial charge in [-0.2, -0.15) is 13.2 Å². The van der Waals surface area contributed by atoms with Crippen LogP contribution in [-0.2, 0) is 6.18 Å². The van der Waals surface area contributed by atoms with Crippen molar-refractivity contribution in [2.75, 3.05) is 17.7 Å². The number of hydrogen-bond acceptors (Lipinski definition) is 3. The Kier molecular flexibility index (Phi) is 5.89. The van der Waals surface area contributed by atoms with Crippen LogP contribution in [0.1, 0.15) is 16.1 Å². The average molecular weight is 468 g/mol. The third-order valence-corrected chi connectivity index (χ3v) is 5.16. The maximum atomic E-state index is 13.3. The predicted octanol–water partition coefficient (Wildman–Crippen LogP) is 5.61. The number of carbonyl (C=O) groups is 2. The van der Waals surface area contributed by atoms with Crippen molar-refractivity contribution in [3.63, 3.8) is 0 Å². The topological polar surface area (TPSA) is 109 Å². The molecule has 0 aliphatic rings. The number of aromatic amines is 1. The van der Waals surface area contributed by atoms with Gasteiger partial charge < -0.3 is 26.1 Å². The van der Waals surface area contributed by atoms with Gasteiger partial charge in [0.1, 0.15) is 11.4 Å². The Labute approximate surface area is 191 Å². The average Bonchev–Trinajstić information content (AvgIpc) is 3.19. The van der Waals surface area contributed by atoms with Crippen LogP contribution in [0.25, 0.3) is 22.0 Å². The van der Waals surface area contributed by atoms with Gasteiger partial charge in [-0.15, -0.1) is 0 Å². The van der Waals surface area contributed by atoms with E-state index in [0.29, 0.717) is 16.8 Å². The van der Waals surface area contributed by atoms with Crippen LogP contribution in [0.3, 0.4) is 0 Å². The molecule has 1 aromatic heterocycles. The van der Waals surface area contributed by atoms with Crippen molar-refractivity contribution in [2.24, 2.45) is 5.73 Å². The number of fused-ring (bicyclic) bond motifs is 1. The van der Waals surface area contributed by atoms with Crippen LogP contribution in [0.5, 0.6) is 5.75 Å². The monoisotopic (exact) mass is 468 g/mol. The van der Waals surface area contributed by atoms with Crippen LogP contribution in [0.4, 0.5) is 29.3 Å². The lowest BCUT2D eigenvalue weighted by Crippen LogP contribution is -2.22. The Morgan fingerprint density at radius 1 is 0.971 bits per heavy atom. The molecule has 0 saturated heterocycles. The number of para-hydroxylation sites is 1. The third-order valence-electron chi connectivity index (χ3n) is 5.16. The number of benzene rings is 3. The van der Waals surface area contributed by atoms with E-state index in [1.807, 2.05) is 24.3 Å². The minimum atomic E-state index is -4.66. The Morgan fingerprint density at radius 2 is 1.68 bits per heavy atom. The van der Waals surface area contributed by atoms with Gasteiger partial charge in [0.05, 0.1) is 18.4 Å². The summed E-state index contributed by atoms with van der Waals surface area (Å²) >= 11 is 0. The first-order valence-corrected chi connectivity index (χ1v) is 10.0. The van der Waals surface area contributed by atoms with E-state index in [-0.39, 0.29) is 11.4 Å². The lowest BCUT2D eigenvalue weighted by molar-refractivity contribution is -0.136. The Balaban J connectivity index is 1.57. The van der Waals surface area contributed by atoms with Gasteiger partial charge in [0.25, 0.3) is 5.91 Å². The number of nitrogens with one attached hydrogen (secondary N) is 3. The summed E-state index contributed by atoms with van der Waals surface area (Å²) in [4.78, 5) is 27.3. The molecule has 34 heavy (non-hydrogen) atoms. The quantitative estimate of drug-likeness (QED) is 0.306. The first kappa shape index (κ1) is 22.7. The molecule has 10 heteroatoms. The Hall–Kier alpha value is -4.47. The number of hydrogen-bond donors (Lipinski definition) is 4. The molecule has 0 unspecified atom stereocenters. The number of anilines is 2. The van der Waals surface area contributed by atoms with Crippen molar-refractivity contribution in [2.45, 2.75) is 6.18 Å². The van der Waals surface area contributed by atoms with Crippen molar-refractivity contribution < 1.29 is 27.5 Å². The second kappa shape index (κ2) is 8.81. The molecule has 7 nitrogen and oxygen atoms in total. The summed E-state index contributed by atoms with van der Waals surface area (Å²) in [5, 5.41) is 5.51. The molecule has 5 N–H and O–H groups in total. The summed E-state index contributed by atoms with van der Waals surface area (Å²) < 4.78 is 44.8. The van der Waals surface area contributed by atoms with Gasteiger partial charge in [0.15, 0.2) is 0 Å². The Morgan fingerprint density at radius 3 is 2.32 bits per heavy atom. The molecule has 174 valence electrons. The molecule has 0 saturated carbocycles. The van der Waals surface area contributed by atoms with Crippen molar-refractivity contribution in [1.29, 1.82) is 0 Å². The summed E-state index contributed by atoms with van der Waals surface area (Å²) in [5.74, 6) is -0.455. The molecular weight excluding hydrogens is 449 g/mol.